The molecule has 2 amide bonds. The normalized spacial score (nSPS) is 15.8. The van der Waals surface area contributed by atoms with E-state index >= 15 is 0 Å². The van der Waals surface area contributed by atoms with E-state index in [9.17, 15) is 9.18 Å². The number of fused-ring (bicyclic) bond motifs is 2. The Kier molecular flexibility index (Phi) is 5.77. The van der Waals surface area contributed by atoms with Crippen molar-refractivity contribution in [2.75, 3.05) is 25.0 Å². The van der Waals surface area contributed by atoms with Crippen LogP contribution in [-0.4, -0.2) is 35.5 Å². The summed E-state index contributed by atoms with van der Waals surface area (Å²) in [4.78, 5) is 17.0. The molecule has 1 N–H and O–H groups in total. The summed E-state index contributed by atoms with van der Waals surface area (Å²) in [5, 5.41) is 2.84. The van der Waals surface area contributed by atoms with Crippen molar-refractivity contribution in [3.05, 3.63) is 94.8 Å². The maximum atomic E-state index is 13.1. The fourth-order valence-electron chi connectivity index (χ4n) is 4.40. The molecule has 5 rings (SSSR count). The van der Waals surface area contributed by atoms with Crippen molar-refractivity contribution < 1.29 is 13.9 Å². The zero-order valence-electron chi connectivity index (χ0n) is 17.9. The number of nitrogens with one attached hydrogen (secondary N) is 1. The van der Waals surface area contributed by atoms with E-state index in [2.05, 4.69) is 46.6 Å². The molecule has 5 nitrogen and oxygen atoms in total. The standard InChI is InChI=1S/C26H26FN3O2/c27-23-6-8-24(9-7-23)28-26(31)30-13-14-32-25-10-5-19(15-22(25)18-30)16-29-12-11-20-3-1-2-4-21(20)17-29/h1-10,15H,11-14,16-18H2,(H,28,31). The molecule has 164 valence electrons. The Morgan fingerprint density at radius 2 is 1.75 bits per heavy atom. The Morgan fingerprint density at radius 3 is 2.59 bits per heavy atom. The van der Waals surface area contributed by atoms with E-state index in [1.165, 1.54) is 28.8 Å². The summed E-state index contributed by atoms with van der Waals surface area (Å²) in [7, 11) is 0. The third-order valence-corrected chi connectivity index (χ3v) is 6.10. The monoisotopic (exact) mass is 431 g/mol. The van der Waals surface area contributed by atoms with Gasteiger partial charge in [-0.3, -0.25) is 4.90 Å². The fraction of sp³-hybridized carbons (Fsp3) is 0.269. The second-order valence-corrected chi connectivity index (χ2v) is 8.38. The minimum absolute atomic E-state index is 0.217. The minimum Gasteiger partial charge on any atom is -0.491 e. The Balaban J connectivity index is 1.27. The summed E-state index contributed by atoms with van der Waals surface area (Å²) >= 11 is 0. The number of carbonyl (C=O) groups excluding carboxylic acids is 1. The number of amides is 2. The first-order valence-electron chi connectivity index (χ1n) is 11.0. The minimum atomic E-state index is -0.329. The van der Waals surface area contributed by atoms with Gasteiger partial charge in [0.15, 0.2) is 0 Å². The van der Waals surface area contributed by atoms with Crippen LogP contribution < -0.4 is 10.1 Å². The molecule has 6 heteroatoms. The molecule has 2 aliphatic heterocycles. The summed E-state index contributed by atoms with van der Waals surface area (Å²) in [6, 6.07) is 20.5. The molecule has 0 atom stereocenters. The Morgan fingerprint density at radius 1 is 0.938 bits per heavy atom. The topological polar surface area (TPSA) is 44.8 Å². The van der Waals surface area contributed by atoms with E-state index in [-0.39, 0.29) is 11.8 Å². The van der Waals surface area contributed by atoms with E-state index < -0.39 is 0 Å². The van der Waals surface area contributed by atoms with E-state index in [4.69, 9.17) is 4.74 Å². The highest BCUT2D eigenvalue weighted by molar-refractivity contribution is 5.89. The van der Waals surface area contributed by atoms with Crippen LogP contribution in [0.4, 0.5) is 14.9 Å². The van der Waals surface area contributed by atoms with Crippen LogP contribution in [0, 0.1) is 5.82 Å². The molecule has 32 heavy (non-hydrogen) atoms. The largest absolute Gasteiger partial charge is 0.491 e. The van der Waals surface area contributed by atoms with Crippen molar-refractivity contribution in [2.24, 2.45) is 0 Å². The van der Waals surface area contributed by atoms with Crippen molar-refractivity contribution in [1.82, 2.24) is 9.80 Å². The molecular formula is C26H26FN3O2. The van der Waals surface area contributed by atoms with Crippen LogP contribution in [0.15, 0.2) is 66.7 Å². The second-order valence-electron chi connectivity index (χ2n) is 8.38. The van der Waals surface area contributed by atoms with Crippen LogP contribution in [0.1, 0.15) is 22.3 Å². The molecule has 2 heterocycles. The van der Waals surface area contributed by atoms with E-state index in [0.717, 1.165) is 37.4 Å². The third-order valence-electron chi connectivity index (χ3n) is 6.10. The Bertz CT molecular complexity index is 1120. The van der Waals surface area contributed by atoms with Gasteiger partial charge in [-0.2, -0.15) is 0 Å². The average Bonchev–Trinajstić information content (AvgIpc) is 3.03. The summed E-state index contributed by atoms with van der Waals surface area (Å²) in [5.74, 6) is 0.500. The quantitative estimate of drug-likeness (QED) is 0.647. The smallest absolute Gasteiger partial charge is 0.322 e. The van der Waals surface area contributed by atoms with Gasteiger partial charge >= 0.3 is 6.03 Å². The SMILES string of the molecule is O=C(Nc1ccc(F)cc1)N1CCOc2ccc(CN3CCc4ccccc4C3)cc2C1. The summed E-state index contributed by atoms with van der Waals surface area (Å²) in [5.41, 5.74) is 5.64. The maximum Gasteiger partial charge on any atom is 0.322 e. The number of hydrogen-bond donors (Lipinski definition) is 1. The van der Waals surface area contributed by atoms with Gasteiger partial charge in [0.1, 0.15) is 18.2 Å². The number of hydrogen-bond acceptors (Lipinski definition) is 3. The summed E-state index contributed by atoms with van der Waals surface area (Å²) in [6.45, 7) is 4.25. The summed E-state index contributed by atoms with van der Waals surface area (Å²) in [6.07, 6.45) is 1.07. The van der Waals surface area contributed by atoms with Crippen LogP contribution >= 0.6 is 0 Å². The second kappa shape index (κ2) is 9.01. The van der Waals surface area contributed by atoms with Crippen LogP contribution in [0.25, 0.3) is 0 Å². The van der Waals surface area contributed by atoms with Gasteiger partial charge < -0.3 is 15.0 Å². The van der Waals surface area contributed by atoms with Crippen LogP contribution in [0.5, 0.6) is 5.75 Å². The van der Waals surface area contributed by atoms with Gasteiger partial charge in [-0.1, -0.05) is 30.3 Å². The maximum absolute atomic E-state index is 13.1. The van der Waals surface area contributed by atoms with Gasteiger partial charge in [-0.05, 0) is 59.5 Å². The van der Waals surface area contributed by atoms with Crippen LogP contribution in [0.3, 0.4) is 0 Å². The molecule has 3 aromatic rings. The van der Waals surface area contributed by atoms with Crippen molar-refractivity contribution in [3.63, 3.8) is 0 Å². The number of urea groups is 1. The lowest BCUT2D eigenvalue weighted by Crippen LogP contribution is -2.36. The lowest BCUT2D eigenvalue weighted by Gasteiger charge is -2.29. The highest BCUT2D eigenvalue weighted by atomic mass is 19.1. The number of rotatable bonds is 3. The predicted molar refractivity (Wildman–Crippen MR) is 122 cm³/mol. The highest BCUT2D eigenvalue weighted by Gasteiger charge is 2.21. The van der Waals surface area contributed by atoms with Gasteiger partial charge in [0.25, 0.3) is 0 Å². The first kappa shape index (κ1) is 20.5. The van der Waals surface area contributed by atoms with Gasteiger partial charge in [-0.25, -0.2) is 9.18 Å². The van der Waals surface area contributed by atoms with E-state index in [1.807, 2.05) is 6.07 Å². The molecular weight excluding hydrogens is 405 g/mol. The third kappa shape index (κ3) is 4.60. The lowest BCUT2D eigenvalue weighted by atomic mass is 9.99. The average molecular weight is 432 g/mol. The van der Waals surface area contributed by atoms with Gasteiger partial charge in [0, 0.05) is 30.9 Å². The first-order chi connectivity index (χ1) is 15.6. The predicted octanol–water partition coefficient (Wildman–Crippen LogP) is 4.81. The zero-order valence-corrected chi connectivity index (χ0v) is 17.9. The van der Waals surface area contributed by atoms with Crippen molar-refractivity contribution >= 4 is 11.7 Å². The lowest BCUT2D eigenvalue weighted by molar-refractivity contribution is 0.200. The number of nitrogens with zero attached hydrogens (tertiary/aromatic N) is 2. The molecule has 0 fully saturated rings. The van der Waals surface area contributed by atoms with Crippen molar-refractivity contribution in [2.45, 2.75) is 26.1 Å². The molecule has 0 saturated heterocycles. The van der Waals surface area contributed by atoms with E-state index in [1.54, 1.807) is 17.0 Å². The highest BCUT2D eigenvalue weighted by Crippen LogP contribution is 2.27. The molecule has 3 aromatic carbocycles. The van der Waals surface area contributed by atoms with Crippen molar-refractivity contribution in [1.29, 1.82) is 0 Å². The van der Waals surface area contributed by atoms with E-state index in [0.29, 0.717) is 25.4 Å². The van der Waals surface area contributed by atoms with Crippen molar-refractivity contribution in [3.8, 4) is 5.75 Å². The molecule has 0 radical (unpaired) electrons. The van der Waals surface area contributed by atoms with Gasteiger partial charge in [0.2, 0.25) is 0 Å². The molecule has 2 aliphatic rings. The molecule has 0 spiro atoms. The number of ether oxygens (including phenoxy) is 1. The fourth-order valence-corrected chi connectivity index (χ4v) is 4.40. The number of benzene rings is 3. The molecule has 0 unspecified atom stereocenters. The molecule has 0 aliphatic carbocycles. The van der Waals surface area contributed by atoms with Gasteiger partial charge in [0.05, 0.1) is 13.1 Å². The molecule has 0 saturated carbocycles. The van der Waals surface area contributed by atoms with Gasteiger partial charge in [-0.15, -0.1) is 0 Å². The molecule has 0 aromatic heterocycles. The summed E-state index contributed by atoms with van der Waals surface area (Å²) < 4.78 is 19.0. The Hall–Kier alpha value is -3.38. The first-order valence-corrected chi connectivity index (χ1v) is 11.0. The van der Waals surface area contributed by atoms with Crippen LogP contribution in [0.2, 0.25) is 0 Å². The number of halogens is 1. The van der Waals surface area contributed by atoms with Crippen LogP contribution in [-0.2, 0) is 26.1 Å². The Labute approximate surface area is 187 Å². The number of anilines is 1. The number of carbonyl (C=O) groups is 1. The molecule has 0 bridgehead atoms. The zero-order chi connectivity index (χ0) is 21.9.